The maximum atomic E-state index is 12.4. The van der Waals surface area contributed by atoms with Crippen molar-refractivity contribution in [3.8, 4) is 0 Å². The van der Waals surface area contributed by atoms with Gasteiger partial charge in [0.1, 0.15) is 6.61 Å². The second-order valence-electron chi connectivity index (χ2n) is 5.84. The maximum absolute atomic E-state index is 12.4. The van der Waals surface area contributed by atoms with Crippen LogP contribution in [0.4, 0.5) is 10.5 Å². The first-order chi connectivity index (χ1) is 12.5. The summed E-state index contributed by atoms with van der Waals surface area (Å²) in [6.07, 6.45) is -0.337. The number of cyclic esters (lactones) is 1. The van der Waals surface area contributed by atoms with E-state index < -0.39 is 0 Å². The third-order valence-corrected chi connectivity index (χ3v) is 5.58. The summed E-state index contributed by atoms with van der Waals surface area (Å²) >= 11 is 7.57. The number of nitrogens with zero attached hydrogens (tertiary/aromatic N) is 1. The molecule has 1 N–H and O–H groups in total. The van der Waals surface area contributed by atoms with Crippen LogP contribution in [-0.4, -0.2) is 30.4 Å². The first kappa shape index (κ1) is 18.6. The summed E-state index contributed by atoms with van der Waals surface area (Å²) in [5.74, 6) is -0.0686. The van der Waals surface area contributed by atoms with Gasteiger partial charge in [0, 0.05) is 17.1 Å². The number of rotatable bonds is 6. The van der Waals surface area contributed by atoms with Gasteiger partial charge >= 0.3 is 6.09 Å². The highest BCUT2D eigenvalue weighted by atomic mass is 35.5. The summed E-state index contributed by atoms with van der Waals surface area (Å²) < 4.78 is 4.96. The van der Waals surface area contributed by atoms with E-state index in [-0.39, 0.29) is 17.3 Å². The molecule has 1 unspecified atom stereocenters. The lowest BCUT2D eigenvalue weighted by atomic mass is 10.2. The number of amides is 2. The van der Waals surface area contributed by atoms with E-state index in [1.165, 1.54) is 11.8 Å². The SMILES string of the molecule is CC(Sc1ccccc1Cl)C(=O)NCc1cccc(N2CCOC2=O)c1. The second kappa shape index (κ2) is 8.47. The van der Waals surface area contributed by atoms with E-state index in [1.807, 2.05) is 55.5 Å². The lowest BCUT2D eigenvalue weighted by Crippen LogP contribution is -2.30. The van der Waals surface area contributed by atoms with Crippen LogP contribution in [0.2, 0.25) is 5.02 Å². The average molecular weight is 391 g/mol. The van der Waals surface area contributed by atoms with Crippen LogP contribution in [0.3, 0.4) is 0 Å². The van der Waals surface area contributed by atoms with Crippen molar-refractivity contribution in [1.29, 1.82) is 0 Å². The van der Waals surface area contributed by atoms with Crippen LogP contribution in [0.25, 0.3) is 0 Å². The van der Waals surface area contributed by atoms with Crippen LogP contribution < -0.4 is 10.2 Å². The Bertz CT molecular complexity index is 815. The smallest absolute Gasteiger partial charge is 0.414 e. The molecule has 26 heavy (non-hydrogen) atoms. The predicted molar refractivity (Wildman–Crippen MR) is 104 cm³/mol. The summed E-state index contributed by atoms with van der Waals surface area (Å²) in [4.78, 5) is 26.5. The predicted octanol–water partition coefficient (Wildman–Crippen LogP) is 4.09. The zero-order valence-corrected chi connectivity index (χ0v) is 15.8. The molecule has 2 amide bonds. The molecule has 1 heterocycles. The lowest BCUT2D eigenvalue weighted by molar-refractivity contribution is -0.120. The molecule has 136 valence electrons. The molecular formula is C19H19ClN2O3S. The van der Waals surface area contributed by atoms with E-state index in [0.717, 1.165) is 16.1 Å². The summed E-state index contributed by atoms with van der Waals surface area (Å²) in [6.45, 7) is 3.18. The van der Waals surface area contributed by atoms with Crippen LogP contribution in [0.1, 0.15) is 12.5 Å². The molecule has 0 aromatic heterocycles. The minimum Gasteiger partial charge on any atom is -0.447 e. The van der Waals surface area contributed by atoms with E-state index in [1.54, 1.807) is 4.90 Å². The number of halogens is 1. The normalized spacial score (nSPS) is 14.8. The van der Waals surface area contributed by atoms with Crippen molar-refractivity contribution in [3.63, 3.8) is 0 Å². The van der Waals surface area contributed by atoms with Crippen molar-refractivity contribution in [2.75, 3.05) is 18.1 Å². The molecule has 3 rings (SSSR count). The fourth-order valence-corrected chi connectivity index (χ4v) is 3.76. The molecule has 2 aromatic rings. The molecular weight excluding hydrogens is 372 g/mol. The molecule has 0 saturated carbocycles. The van der Waals surface area contributed by atoms with Gasteiger partial charge in [-0.25, -0.2) is 4.79 Å². The minimum atomic E-state index is -0.337. The molecule has 2 aromatic carbocycles. The molecule has 1 saturated heterocycles. The van der Waals surface area contributed by atoms with Crippen molar-refractivity contribution in [3.05, 3.63) is 59.1 Å². The highest BCUT2D eigenvalue weighted by molar-refractivity contribution is 8.00. The van der Waals surface area contributed by atoms with Gasteiger partial charge in [-0.05, 0) is 36.8 Å². The minimum absolute atomic E-state index is 0.0686. The largest absolute Gasteiger partial charge is 0.447 e. The third-order valence-electron chi connectivity index (χ3n) is 3.96. The number of anilines is 1. The number of nitrogens with one attached hydrogen (secondary N) is 1. The van der Waals surface area contributed by atoms with Gasteiger partial charge in [0.15, 0.2) is 0 Å². The Kier molecular flexibility index (Phi) is 6.06. The Labute approximate surface area is 161 Å². The fraction of sp³-hybridized carbons (Fsp3) is 0.263. The molecule has 0 aliphatic carbocycles. The van der Waals surface area contributed by atoms with Gasteiger partial charge in [-0.1, -0.05) is 35.9 Å². The van der Waals surface area contributed by atoms with E-state index in [9.17, 15) is 9.59 Å². The first-order valence-corrected chi connectivity index (χ1v) is 9.52. The number of thioether (sulfide) groups is 1. The van der Waals surface area contributed by atoms with E-state index >= 15 is 0 Å². The molecule has 0 bridgehead atoms. The maximum Gasteiger partial charge on any atom is 0.414 e. The Morgan fingerprint density at radius 1 is 1.31 bits per heavy atom. The van der Waals surface area contributed by atoms with Crippen LogP contribution in [0.5, 0.6) is 0 Å². The molecule has 5 nitrogen and oxygen atoms in total. The standard InChI is InChI=1S/C19H19ClN2O3S/c1-13(26-17-8-3-2-7-16(17)20)18(23)21-12-14-5-4-6-15(11-14)22-9-10-25-19(22)24/h2-8,11,13H,9-10,12H2,1H3,(H,21,23). The number of ether oxygens (including phenoxy) is 1. The number of benzene rings is 2. The van der Waals surface area contributed by atoms with Crippen molar-refractivity contribution in [1.82, 2.24) is 5.32 Å². The Hall–Kier alpha value is -2.18. The van der Waals surface area contributed by atoms with Gasteiger partial charge in [0.25, 0.3) is 0 Å². The highest BCUT2D eigenvalue weighted by Gasteiger charge is 2.23. The molecule has 1 fully saturated rings. The van der Waals surface area contributed by atoms with Crippen LogP contribution in [0, 0.1) is 0 Å². The fourth-order valence-electron chi connectivity index (χ4n) is 2.58. The number of hydrogen-bond donors (Lipinski definition) is 1. The lowest BCUT2D eigenvalue weighted by Gasteiger charge is -2.15. The van der Waals surface area contributed by atoms with Crippen LogP contribution >= 0.6 is 23.4 Å². The number of hydrogen-bond acceptors (Lipinski definition) is 4. The van der Waals surface area contributed by atoms with Crippen molar-refractivity contribution >= 4 is 41.1 Å². The third kappa shape index (κ3) is 4.51. The number of carbonyl (C=O) groups is 2. The van der Waals surface area contributed by atoms with Crippen molar-refractivity contribution in [2.45, 2.75) is 23.6 Å². The molecule has 1 aliphatic heterocycles. The van der Waals surface area contributed by atoms with Gasteiger partial charge in [-0.2, -0.15) is 0 Å². The Balaban J connectivity index is 1.57. The Morgan fingerprint density at radius 2 is 2.12 bits per heavy atom. The van der Waals surface area contributed by atoms with Crippen LogP contribution in [-0.2, 0) is 16.1 Å². The quantitative estimate of drug-likeness (QED) is 0.754. The van der Waals surface area contributed by atoms with Gasteiger partial charge in [-0.15, -0.1) is 11.8 Å². The second-order valence-corrected chi connectivity index (χ2v) is 7.63. The molecule has 1 aliphatic rings. The van der Waals surface area contributed by atoms with E-state index in [0.29, 0.717) is 24.7 Å². The summed E-state index contributed by atoms with van der Waals surface area (Å²) in [7, 11) is 0. The molecule has 0 radical (unpaired) electrons. The molecule has 7 heteroatoms. The van der Waals surface area contributed by atoms with Crippen molar-refractivity contribution < 1.29 is 14.3 Å². The van der Waals surface area contributed by atoms with E-state index in [2.05, 4.69) is 5.32 Å². The summed E-state index contributed by atoms with van der Waals surface area (Å²) in [6, 6.07) is 15.0. The van der Waals surface area contributed by atoms with Gasteiger partial charge < -0.3 is 10.1 Å². The zero-order chi connectivity index (χ0) is 18.5. The van der Waals surface area contributed by atoms with Gasteiger partial charge in [0.2, 0.25) is 5.91 Å². The highest BCUT2D eigenvalue weighted by Crippen LogP contribution is 2.30. The van der Waals surface area contributed by atoms with Gasteiger partial charge in [-0.3, -0.25) is 9.69 Å². The molecule has 1 atom stereocenters. The summed E-state index contributed by atoms with van der Waals surface area (Å²) in [5, 5.41) is 3.30. The topological polar surface area (TPSA) is 58.6 Å². The summed E-state index contributed by atoms with van der Waals surface area (Å²) in [5.41, 5.74) is 1.70. The zero-order valence-electron chi connectivity index (χ0n) is 14.3. The van der Waals surface area contributed by atoms with Crippen LogP contribution in [0.15, 0.2) is 53.4 Å². The number of carbonyl (C=O) groups excluding carboxylic acids is 2. The average Bonchev–Trinajstić information content (AvgIpc) is 3.08. The monoisotopic (exact) mass is 390 g/mol. The molecule has 0 spiro atoms. The van der Waals surface area contributed by atoms with Gasteiger partial charge in [0.05, 0.1) is 16.8 Å². The first-order valence-electron chi connectivity index (χ1n) is 8.27. The Morgan fingerprint density at radius 3 is 2.85 bits per heavy atom. The van der Waals surface area contributed by atoms with Crippen molar-refractivity contribution in [2.24, 2.45) is 0 Å². The van der Waals surface area contributed by atoms with E-state index in [4.69, 9.17) is 16.3 Å².